The molecule has 34 valence electrons. The van der Waals surface area contributed by atoms with Crippen LogP contribution >= 0.6 is 0 Å². The van der Waals surface area contributed by atoms with E-state index >= 15 is 0 Å². The second kappa shape index (κ2) is 17.7. The zero-order valence-electron chi connectivity index (χ0n) is 3.68. The Morgan fingerprint density at radius 1 is 1.50 bits per heavy atom. The molecule has 0 aliphatic rings. The Morgan fingerprint density at radius 2 is 1.67 bits per heavy atom. The third-order valence-electron chi connectivity index (χ3n) is 0.158. The topological polar surface area (TPSA) is 48.7 Å². The van der Waals surface area contributed by atoms with Crippen LogP contribution in [0.3, 0.4) is 0 Å². The van der Waals surface area contributed by atoms with E-state index in [4.69, 9.17) is 5.11 Å². The van der Waals surface area contributed by atoms with Gasteiger partial charge >= 0.3 is 19.5 Å². The fraction of sp³-hybridized carbons (Fsp3) is 0.667. The van der Waals surface area contributed by atoms with E-state index in [1.165, 1.54) is 0 Å². The summed E-state index contributed by atoms with van der Waals surface area (Å²) in [6.07, 6.45) is 0.625. The molecule has 0 aromatic heterocycles. The van der Waals surface area contributed by atoms with Crippen molar-refractivity contribution in [2.45, 2.75) is 6.42 Å². The van der Waals surface area contributed by atoms with E-state index in [0.717, 1.165) is 0 Å². The van der Waals surface area contributed by atoms with Crippen molar-refractivity contribution in [2.75, 3.05) is 6.61 Å². The summed E-state index contributed by atoms with van der Waals surface area (Å²) in [6, 6.07) is 0. The summed E-state index contributed by atoms with van der Waals surface area (Å²) in [5.41, 5.74) is 0. The van der Waals surface area contributed by atoms with Crippen molar-refractivity contribution in [3.05, 3.63) is 6.92 Å². The molecule has 0 fully saturated rings. The summed E-state index contributed by atoms with van der Waals surface area (Å²) in [7, 11) is 0. The van der Waals surface area contributed by atoms with Gasteiger partial charge in [0, 0.05) is 6.61 Å². The minimum absolute atomic E-state index is 0. The van der Waals surface area contributed by atoms with Gasteiger partial charge < -0.3 is 17.5 Å². The van der Waals surface area contributed by atoms with Gasteiger partial charge in [0.1, 0.15) is 0 Å². The van der Waals surface area contributed by atoms with E-state index in [0.29, 0.717) is 6.42 Å². The minimum atomic E-state index is 0. The van der Waals surface area contributed by atoms with E-state index in [2.05, 4.69) is 6.92 Å². The fourth-order valence-corrected chi connectivity index (χ4v) is 0. The Hall–Kier alpha value is 0.543. The maximum atomic E-state index is 7.81. The summed E-state index contributed by atoms with van der Waals surface area (Å²) in [4.78, 5) is 0. The van der Waals surface area contributed by atoms with Crippen LogP contribution in [0, 0.1) is 6.92 Å². The van der Waals surface area contributed by atoms with Crippen molar-refractivity contribution < 1.29 is 30.1 Å². The molecular weight excluding hydrogens is 133 g/mol. The van der Waals surface area contributed by atoms with Crippen LogP contribution in [0.15, 0.2) is 0 Å². The van der Waals surface area contributed by atoms with Gasteiger partial charge in [0.25, 0.3) is 0 Å². The standard InChI is InChI=1S/C3H7O.O.Zn/c1-2-3-4;;/h4H,1-3H2;;/q-1;-2;+2. The monoisotopic (exact) mass is 139 g/mol. The summed E-state index contributed by atoms with van der Waals surface area (Å²) in [5, 5.41) is 7.81. The number of aliphatic hydroxyl groups excluding tert-OH is 1. The molecule has 0 atom stereocenters. The Morgan fingerprint density at radius 3 is 1.67 bits per heavy atom. The van der Waals surface area contributed by atoms with Gasteiger partial charge in [-0.15, -0.1) is 0 Å². The number of rotatable bonds is 1. The van der Waals surface area contributed by atoms with E-state index in [-0.39, 0.29) is 31.6 Å². The predicted octanol–water partition coefficient (Wildman–Crippen LogP) is 0.0816. The van der Waals surface area contributed by atoms with Crippen molar-refractivity contribution in [2.24, 2.45) is 0 Å². The molecular formula is C3H7O2Zn-. The molecule has 1 N–H and O–H groups in total. The smallest absolute Gasteiger partial charge is 2.00 e. The molecule has 6 heavy (non-hydrogen) atoms. The number of aliphatic hydroxyl groups is 1. The van der Waals surface area contributed by atoms with Gasteiger partial charge in [-0.05, 0) is 0 Å². The molecule has 0 spiro atoms. The zero-order chi connectivity index (χ0) is 3.41. The third kappa shape index (κ3) is 23.9. The van der Waals surface area contributed by atoms with Crippen molar-refractivity contribution in [3.8, 4) is 0 Å². The average molecular weight is 140 g/mol. The molecule has 0 aliphatic heterocycles. The van der Waals surface area contributed by atoms with Gasteiger partial charge in [-0.25, -0.2) is 0 Å². The van der Waals surface area contributed by atoms with Crippen LogP contribution in [0.4, 0.5) is 0 Å². The average Bonchev–Trinajstić information content (AvgIpc) is 1.37. The van der Waals surface area contributed by atoms with Crippen molar-refractivity contribution >= 4 is 0 Å². The van der Waals surface area contributed by atoms with Crippen molar-refractivity contribution in [1.82, 2.24) is 0 Å². The molecule has 0 aliphatic carbocycles. The van der Waals surface area contributed by atoms with E-state index in [1.807, 2.05) is 0 Å². The first-order valence-electron chi connectivity index (χ1n) is 1.32. The normalized spacial score (nSPS) is 5.00. The summed E-state index contributed by atoms with van der Waals surface area (Å²) >= 11 is 0. The van der Waals surface area contributed by atoms with Gasteiger partial charge in [0.2, 0.25) is 0 Å². The second-order valence-electron chi connectivity index (χ2n) is 0.577. The molecule has 0 amide bonds. The van der Waals surface area contributed by atoms with Crippen LogP contribution in [0.25, 0.3) is 0 Å². The second-order valence-corrected chi connectivity index (χ2v) is 0.577. The SMILES string of the molecule is [CH2-]CCO.[O-2].[Zn+2]. The zero-order valence-corrected chi connectivity index (χ0v) is 6.65. The summed E-state index contributed by atoms with van der Waals surface area (Å²) in [5.74, 6) is 0. The van der Waals surface area contributed by atoms with Gasteiger partial charge in [0.15, 0.2) is 0 Å². The predicted molar refractivity (Wildman–Crippen MR) is 17.7 cm³/mol. The van der Waals surface area contributed by atoms with E-state index in [1.54, 1.807) is 0 Å². The van der Waals surface area contributed by atoms with Crippen molar-refractivity contribution in [3.63, 3.8) is 0 Å². The molecule has 0 saturated heterocycles. The molecule has 3 heteroatoms. The third-order valence-corrected chi connectivity index (χ3v) is 0.158. The largest absolute Gasteiger partial charge is 2.00 e. The Kier molecular flexibility index (Phi) is 47.2. The molecule has 0 bridgehead atoms. The molecule has 2 nitrogen and oxygen atoms in total. The Bertz CT molecular complexity index is 10.8. The van der Waals surface area contributed by atoms with E-state index in [9.17, 15) is 0 Å². The summed E-state index contributed by atoms with van der Waals surface area (Å²) < 4.78 is 0. The van der Waals surface area contributed by atoms with Crippen LogP contribution in [0.5, 0.6) is 0 Å². The molecule has 0 aromatic carbocycles. The molecule has 0 heterocycles. The number of hydrogen-bond donors (Lipinski definition) is 1. The van der Waals surface area contributed by atoms with Crippen LogP contribution in [0.1, 0.15) is 6.42 Å². The maximum Gasteiger partial charge on any atom is 2.00 e. The van der Waals surface area contributed by atoms with Crippen LogP contribution in [-0.2, 0) is 25.0 Å². The number of hydrogen-bond acceptors (Lipinski definition) is 1. The first-order valence-corrected chi connectivity index (χ1v) is 1.32. The quantitative estimate of drug-likeness (QED) is 0.407. The molecule has 0 unspecified atom stereocenters. The fourth-order valence-electron chi connectivity index (χ4n) is 0. The molecule has 0 radical (unpaired) electrons. The summed E-state index contributed by atoms with van der Waals surface area (Å²) in [6.45, 7) is 3.56. The maximum absolute atomic E-state index is 7.81. The Labute approximate surface area is 50.6 Å². The molecule has 0 saturated carbocycles. The van der Waals surface area contributed by atoms with Gasteiger partial charge in [-0.3, -0.25) is 0 Å². The van der Waals surface area contributed by atoms with Crippen LogP contribution in [0.2, 0.25) is 0 Å². The van der Waals surface area contributed by atoms with Gasteiger partial charge in [-0.2, -0.15) is 6.42 Å². The van der Waals surface area contributed by atoms with Gasteiger partial charge in [-0.1, -0.05) is 0 Å². The van der Waals surface area contributed by atoms with Crippen LogP contribution in [-0.4, -0.2) is 11.7 Å². The Balaban J connectivity index is -0.0000000450. The molecule has 0 aromatic rings. The first-order chi connectivity index (χ1) is 1.91. The van der Waals surface area contributed by atoms with Gasteiger partial charge in [0.05, 0.1) is 0 Å². The molecule has 0 rings (SSSR count). The van der Waals surface area contributed by atoms with E-state index < -0.39 is 0 Å². The first kappa shape index (κ1) is 16.0. The van der Waals surface area contributed by atoms with Crippen LogP contribution < -0.4 is 0 Å². The van der Waals surface area contributed by atoms with Crippen molar-refractivity contribution in [1.29, 1.82) is 0 Å². The minimum Gasteiger partial charge on any atom is -2.00 e.